The molecule has 0 atom stereocenters. The molecule has 7 heteroatoms. The smallest absolute Gasteiger partial charge is 0.278 e. The number of para-hydroxylation sites is 2. The van der Waals surface area contributed by atoms with Crippen LogP contribution in [0.2, 0.25) is 0 Å². The van der Waals surface area contributed by atoms with Crippen LogP contribution in [0.1, 0.15) is 41.0 Å². The number of carbonyl (C=O) groups is 1. The minimum atomic E-state index is -0.492. The van der Waals surface area contributed by atoms with Gasteiger partial charge < -0.3 is 9.80 Å². The molecule has 1 amide bonds. The van der Waals surface area contributed by atoms with Crippen molar-refractivity contribution >= 4 is 11.6 Å². The lowest BCUT2D eigenvalue weighted by Gasteiger charge is -2.31. The maximum Gasteiger partial charge on any atom is 0.278 e. The van der Waals surface area contributed by atoms with E-state index in [1.54, 1.807) is 32.2 Å². The van der Waals surface area contributed by atoms with E-state index < -0.39 is 17.2 Å². The monoisotopic (exact) mass is 434 g/mol. The van der Waals surface area contributed by atoms with Gasteiger partial charge >= 0.3 is 0 Å². The maximum absolute atomic E-state index is 14.3. The Labute approximate surface area is 186 Å². The highest BCUT2D eigenvalue weighted by atomic mass is 19.1. The van der Waals surface area contributed by atoms with E-state index in [-0.39, 0.29) is 11.4 Å². The second kappa shape index (κ2) is 9.34. The van der Waals surface area contributed by atoms with Crippen molar-refractivity contribution in [3.63, 3.8) is 0 Å². The van der Waals surface area contributed by atoms with Gasteiger partial charge in [0.25, 0.3) is 5.91 Å². The molecule has 2 aromatic carbocycles. The van der Waals surface area contributed by atoms with E-state index in [0.29, 0.717) is 12.2 Å². The van der Waals surface area contributed by atoms with Gasteiger partial charge in [-0.2, -0.15) is 5.10 Å². The third kappa shape index (κ3) is 4.42. The van der Waals surface area contributed by atoms with Crippen molar-refractivity contribution in [2.75, 3.05) is 25.0 Å². The standard InChI is InChI=1S/C25H27FN4O2/c1-18-16-23(31)24(27-30(18)22-13-7-5-11-20(22)26)25(32)28(2)17-19-10-4-6-12-21(19)29-14-8-3-9-15-29/h4-7,10-13,16H,3,8-9,14-15,17H2,1-2H3. The fourth-order valence-electron chi connectivity index (χ4n) is 4.16. The molecule has 0 saturated carbocycles. The Balaban J connectivity index is 1.62. The summed E-state index contributed by atoms with van der Waals surface area (Å²) in [6.45, 7) is 4.01. The van der Waals surface area contributed by atoms with Crippen LogP contribution in [-0.4, -0.2) is 40.7 Å². The lowest BCUT2D eigenvalue weighted by Crippen LogP contribution is -2.35. The number of halogens is 1. The summed E-state index contributed by atoms with van der Waals surface area (Å²) >= 11 is 0. The Bertz CT molecular complexity index is 1180. The van der Waals surface area contributed by atoms with Crippen molar-refractivity contribution in [1.29, 1.82) is 0 Å². The van der Waals surface area contributed by atoms with Gasteiger partial charge in [0, 0.05) is 44.1 Å². The zero-order valence-electron chi connectivity index (χ0n) is 18.4. The first-order valence-electron chi connectivity index (χ1n) is 10.9. The first kappa shape index (κ1) is 21.7. The number of anilines is 1. The van der Waals surface area contributed by atoms with Crippen LogP contribution in [0, 0.1) is 12.7 Å². The predicted molar refractivity (Wildman–Crippen MR) is 123 cm³/mol. The minimum Gasteiger partial charge on any atom is -0.371 e. The highest BCUT2D eigenvalue weighted by molar-refractivity contribution is 5.92. The van der Waals surface area contributed by atoms with Gasteiger partial charge in [-0.25, -0.2) is 9.07 Å². The molecule has 1 aromatic heterocycles. The lowest BCUT2D eigenvalue weighted by atomic mass is 10.1. The molecule has 1 aliphatic rings. The van der Waals surface area contributed by atoms with Gasteiger partial charge in [-0.15, -0.1) is 0 Å². The van der Waals surface area contributed by atoms with Crippen molar-refractivity contribution in [3.05, 3.63) is 87.6 Å². The summed E-state index contributed by atoms with van der Waals surface area (Å²) in [7, 11) is 1.66. The molecule has 0 spiro atoms. The molecule has 166 valence electrons. The molecule has 0 N–H and O–H groups in total. The fourth-order valence-corrected chi connectivity index (χ4v) is 4.16. The number of amides is 1. The zero-order valence-corrected chi connectivity index (χ0v) is 18.4. The lowest BCUT2D eigenvalue weighted by molar-refractivity contribution is 0.0776. The summed E-state index contributed by atoms with van der Waals surface area (Å²) in [5.74, 6) is -0.970. The molecule has 0 bridgehead atoms. The molecule has 0 unspecified atom stereocenters. The van der Waals surface area contributed by atoms with E-state index >= 15 is 0 Å². The van der Waals surface area contributed by atoms with Crippen LogP contribution in [0.5, 0.6) is 0 Å². The molecule has 1 fully saturated rings. The molecular weight excluding hydrogens is 407 g/mol. The van der Waals surface area contributed by atoms with Crippen molar-refractivity contribution in [1.82, 2.24) is 14.7 Å². The van der Waals surface area contributed by atoms with Gasteiger partial charge in [0.15, 0.2) is 5.69 Å². The Morgan fingerprint density at radius 1 is 1.03 bits per heavy atom. The Kier molecular flexibility index (Phi) is 6.35. The maximum atomic E-state index is 14.3. The predicted octanol–water partition coefficient (Wildman–Crippen LogP) is 3.94. The van der Waals surface area contributed by atoms with Crippen LogP contribution < -0.4 is 10.3 Å². The first-order chi connectivity index (χ1) is 15.5. The van der Waals surface area contributed by atoms with Crippen LogP contribution in [0.4, 0.5) is 10.1 Å². The SMILES string of the molecule is Cc1cc(=O)c(C(=O)N(C)Cc2ccccc2N2CCCCC2)nn1-c1ccccc1F. The quantitative estimate of drug-likeness (QED) is 0.610. The van der Waals surface area contributed by atoms with Gasteiger partial charge in [0.05, 0.1) is 0 Å². The molecule has 32 heavy (non-hydrogen) atoms. The van der Waals surface area contributed by atoms with Gasteiger partial charge in [0.2, 0.25) is 5.43 Å². The van der Waals surface area contributed by atoms with Crippen LogP contribution >= 0.6 is 0 Å². The summed E-state index contributed by atoms with van der Waals surface area (Å²) < 4.78 is 15.6. The van der Waals surface area contributed by atoms with E-state index in [1.165, 1.54) is 28.1 Å². The Hall–Kier alpha value is -3.48. The Morgan fingerprint density at radius 3 is 2.41 bits per heavy atom. The summed E-state index contributed by atoms with van der Waals surface area (Å²) in [5.41, 5.74) is 2.08. The second-order valence-corrected chi connectivity index (χ2v) is 8.20. The summed E-state index contributed by atoms with van der Waals surface area (Å²) in [4.78, 5) is 29.6. The zero-order chi connectivity index (χ0) is 22.7. The molecule has 0 aliphatic carbocycles. The van der Waals surface area contributed by atoms with Crippen LogP contribution in [0.3, 0.4) is 0 Å². The van der Waals surface area contributed by atoms with E-state index in [4.69, 9.17) is 0 Å². The number of nitrogens with zero attached hydrogens (tertiary/aromatic N) is 4. The number of aryl methyl sites for hydroxylation is 1. The van der Waals surface area contributed by atoms with E-state index in [0.717, 1.165) is 37.2 Å². The molecular formula is C25H27FN4O2. The largest absolute Gasteiger partial charge is 0.371 e. The highest BCUT2D eigenvalue weighted by Crippen LogP contribution is 2.25. The van der Waals surface area contributed by atoms with Gasteiger partial charge in [-0.05, 0) is 49.9 Å². The van der Waals surface area contributed by atoms with Crippen LogP contribution in [0.15, 0.2) is 59.4 Å². The average molecular weight is 435 g/mol. The molecule has 1 saturated heterocycles. The Morgan fingerprint density at radius 2 is 1.69 bits per heavy atom. The minimum absolute atomic E-state index is 0.192. The van der Waals surface area contributed by atoms with Crippen molar-refractivity contribution in [3.8, 4) is 5.69 Å². The van der Waals surface area contributed by atoms with E-state index in [2.05, 4.69) is 16.1 Å². The average Bonchev–Trinajstić information content (AvgIpc) is 2.80. The van der Waals surface area contributed by atoms with Gasteiger partial charge in [-0.1, -0.05) is 30.3 Å². The molecule has 1 aliphatic heterocycles. The van der Waals surface area contributed by atoms with E-state index in [9.17, 15) is 14.0 Å². The first-order valence-corrected chi connectivity index (χ1v) is 10.9. The number of hydrogen-bond donors (Lipinski definition) is 0. The number of benzene rings is 2. The number of carbonyl (C=O) groups excluding carboxylic acids is 1. The van der Waals surface area contributed by atoms with Crippen LogP contribution in [0.25, 0.3) is 5.69 Å². The molecule has 3 aromatic rings. The number of piperidine rings is 1. The summed E-state index contributed by atoms with van der Waals surface area (Å²) in [6, 6.07) is 15.5. The normalized spacial score (nSPS) is 13.8. The van der Waals surface area contributed by atoms with E-state index in [1.807, 2.05) is 18.2 Å². The third-order valence-corrected chi connectivity index (χ3v) is 5.83. The fraction of sp³-hybridized carbons (Fsp3) is 0.320. The number of rotatable bonds is 5. The van der Waals surface area contributed by atoms with Crippen molar-refractivity contribution < 1.29 is 9.18 Å². The molecule has 2 heterocycles. The van der Waals surface area contributed by atoms with Crippen molar-refractivity contribution in [2.45, 2.75) is 32.7 Å². The summed E-state index contributed by atoms with van der Waals surface area (Å²) in [6.07, 6.45) is 3.56. The van der Waals surface area contributed by atoms with Gasteiger partial charge in [-0.3, -0.25) is 9.59 Å². The molecule has 0 radical (unpaired) electrons. The molecule has 6 nitrogen and oxygen atoms in total. The summed E-state index contributed by atoms with van der Waals surface area (Å²) in [5, 5.41) is 4.24. The van der Waals surface area contributed by atoms with Crippen LogP contribution in [-0.2, 0) is 6.54 Å². The second-order valence-electron chi connectivity index (χ2n) is 8.20. The number of aromatic nitrogens is 2. The van der Waals surface area contributed by atoms with Gasteiger partial charge in [0.1, 0.15) is 11.5 Å². The highest BCUT2D eigenvalue weighted by Gasteiger charge is 2.22. The topological polar surface area (TPSA) is 58.4 Å². The third-order valence-electron chi connectivity index (χ3n) is 5.83. The molecule has 4 rings (SSSR count). The number of hydrogen-bond acceptors (Lipinski definition) is 4. The van der Waals surface area contributed by atoms with Crippen molar-refractivity contribution in [2.24, 2.45) is 0 Å².